The summed E-state index contributed by atoms with van der Waals surface area (Å²) in [5, 5.41) is 15.4. The van der Waals surface area contributed by atoms with E-state index in [1.54, 1.807) is 11.6 Å². The van der Waals surface area contributed by atoms with Crippen LogP contribution in [0, 0.1) is 6.92 Å². The zero-order valence-electron chi connectivity index (χ0n) is 22.1. The lowest BCUT2D eigenvalue weighted by molar-refractivity contribution is 0.0519. The Balaban J connectivity index is 1.44. The summed E-state index contributed by atoms with van der Waals surface area (Å²) in [6, 6.07) is 14.2. The number of rotatable bonds is 9. The highest BCUT2D eigenvalue weighted by atomic mass is 16.5. The molecular weight excluding hydrogens is 478 g/mol. The van der Waals surface area contributed by atoms with Crippen LogP contribution in [0.4, 0.5) is 0 Å². The topological polar surface area (TPSA) is 89.4 Å². The quantitative estimate of drug-likeness (QED) is 0.214. The van der Waals surface area contributed by atoms with Gasteiger partial charge in [-0.2, -0.15) is 5.10 Å². The molecule has 7 heteroatoms. The second kappa shape index (κ2) is 11.1. The van der Waals surface area contributed by atoms with E-state index in [-0.39, 0.29) is 12.6 Å². The van der Waals surface area contributed by atoms with Crippen molar-refractivity contribution in [1.82, 2.24) is 14.8 Å². The average molecular weight is 512 g/mol. The first-order valence-electron chi connectivity index (χ1n) is 13.1. The highest BCUT2D eigenvalue weighted by Gasteiger charge is 2.23. The van der Waals surface area contributed by atoms with E-state index in [1.807, 2.05) is 44.3 Å². The monoisotopic (exact) mass is 511 g/mol. The van der Waals surface area contributed by atoms with Gasteiger partial charge in [0.1, 0.15) is 11.5 Å². The molecule has 0 unspecified atom stereocenters. The van der Waals surface area contributed by atoms with E-state index >= 15 is 0 Å². The van der Waals surface area contributed by atoms with E-state index < -0.39 is 0 Å². The van der Waals surface area contributed by atoms with E-state index in [2.05, 4.69) is 40.4 Å². The number of aliphatic hydroxyl groups excluding tert-OH is 1. The van der Waals surface area contributed by atoms with Gasteiger partial charge >= 0.3 is 5.97 Å². The Labute approximate surface area is 222 Å². The first kappa shape index (κ1) is 25.5. The molecule has 0 saturated heterocycles. The van der Waals surface area contributed by atoms with Gasteiger partial charge in [0.25, 0.3) is 0 Å². The number of aliphatic hydroxyl groups is 1. The number of nitrogens with one attached hydrogen (secondary N) is 1. The summed E-state index contributed by atoms with van der Waals surface area (Å²) in [5.74, 6) is 0.517. The number of hydrogen-bond acceptors (Lipinski definition) is 5. The summed E-state index contributed by atoms with van der Waals surface area (Å²) in [7, 11) is 1.86. The van der Waals surface area contributed by atoms with E-state index in [4.69, 9.17) is 9.47 Å². The molecule has 2 aromatic carbocycles. The van der Waals surface area contributed by atoms with Crippen molar-refractivity contribution < 1.29 is 19.4 Å². The summed E-state index contributed by atoms with van der Waals surface area (Å²) in [4.78, 5) is 16.3. The largest absolute Gasteiger partial charge is 0.493 e. The number of esters is 1. The Hall–Kier alpha value is -4.10. The Morgan fingerprint density at radius 3 is 2.79 bits per heavy atom. The first-order valence-corrected chi connectivity index (χ1v) is 13.1. The number of ether oxygens (including phenoxy) is 2. The fourth-order valence-corrected chi connectivity index (χ4v) is 5.17. The standard InChI is InChI=1S/C31H33N3O4/c1-4-37-31(36)30-24(16-10-18-38-27-17-8-6-12-21-11-5-7-13-22(21)27)23-14-9-15-25(29(23)32-30)28-20(2)34(3)33-26(28)19-35/h5-7,9,11-15,17,32,35H,4,8,10,16,18-19H2,1-3H3. The molecule has 7 nitrogen and oxygen atoms in total. The SMILES string of the molecule is CCOC(=O)c1[nH]c2c(-c3c(CO)nn(C)c3C)cccc2c1CCCOC1=CCC=Cc2ccccc21. The molecule has 0 saturated carbocycles. The van der Waals surface area contributed by atoms with Crippen LogP contribution < -0.4 is 0 Å². The molecule has 0 aliphatic heterocycles. The minimum Gasteiger partial charge on any atom is -0.493 e. The molecule has 1 aliphatic carbocycles. The Morgan fingerprint density at radius 1 is 1.16 bits per heavy atom. The smallest absolute Gasteiger partial charge is 0.355 e. The highest BCUT2D eigenvalue weighted by Crippen LogP contribution is 2.36. The van der Waals surface area contributed by atoms with Crippen LogP contribution in [-0.4, -0.2) is 39.1 Å². The van der Waals surface area contributed by atoms with Gasteiger partial charge < -0.3 is 19.6 Å². The summed E-state index contributed by atoms with van der Waals surface area (Å²) in [6.45, 7) is 4.42. The fraction of sp³-hybridized carbons (Fsp3) is 0.290. The second-order valence-corrected chi connectivity index (χ2v) is 9.36. The van der Waals surface area contributed by atoms with Crippen molar-refractivity contribution in [3.8, 4) is 11.1 Å². The summed E-state index contributed by atoms with van der Waals surface area (Å²) >= 11 is 0. The zero-order valence-corrected chi connectivity index (χ0v) is 22.1. The van der Waals surface area contributed by atoms with Crippen LogP contribution in [0.5, 0.6) is 0 Å². The van der Waals surface area contributed by atoms with Crippen molar-refractivity contribution in [3.63, 3.8) is 0 Å². The molecule has 2 N–H and O–H groups in total. The number of para-hydroxylation sites is 1. The molecule has 196 valence electrons. The maximum absolute atomic E-state index is 13.0. The number of carbonyl (C=O) groups excluding carboxylic acids is 1. The van der Waals surface area contributed by atoms with Crippen LogP contribution in [-0.2, 0) is 29.5 Å². The molecule has 2 heterocycles. The van der Waals surface area contributed by atoms with E-state index in [9.17, 15) is 9.90 Å². The minimum atomic E-state index is -0.373. The predicted octanol–water partition coefficient (Wildman–Crippen LogP) is 5.95. The van der Waals surface area contributed by atoms with Gasteiger partial charge in [-0.1, -0.05) is 54.6 Å². The van der Waals surface area contributed by atoms with Crippen LogP contribution in [0.15, 0.2) is 54.6 Å². The van der Waals surface area contributed by atoms with Crippen molar-refractivity contribution in [2.45, 2.75) is 39.7 Å². The molecule has 0 fully saturated rings. The van der Waals surface area contributed by atoms with E-state index in [0.29, 0.717) is 31.0 Å². The van der Waals surface area contributed by atoms with Crippen LogP contribution >= 0.6 is 0 Å². The number of hydrogen-bond donors (Lipinski definition) is 2. The third-order valence-electron chi connectivity index (χ3n) is 7.04. The zero-order chi connectivity index (χ0) is 26.6. The second-order valence-electron chi connectivity index (χ2n) is 9.36. The third-order valence-corrected chi connectivity index (χ3v) is 7.04. The Morgan fingerprint density at radius 2 is 1.97 bits per heavy atom. The highest BCUT2D eigenvalue weighted by molar-refractivity contribution is 6.04. The number of H-pyrrole nitrogens is 1. The normalized spacial score (nSPS) is 12.8. The molecule has 0 atom stereocenters. The van der Waals surface area contributed by atoms with Gasteiger partial charge in [0, 0.05) is 34.8 Å². The fourth-order valence-electron chi connectivity index (χ4n) is 5.17. The third kappa shape index (κ3) is 4.77. The van der Waals surface area contributed by atoms with Gasteiger partial charge in [0.15, 0.2) is 0 Å². The molecular formula is C31H33N3O4. The maximum Gasteiger partial charge on any atom is 0.355 e. The lowest BCUT2D eigenvalue weighted by Gasteiger charge is -2.12. The number of benzene rings is 2. The molecule has 2 aromatic heterocycles. The van der Waals surface area contributed by atoms with Crippen LogP contribution in [0.25, 0.3) is 33.9 Å². The van der Waals surface area contributed by atoms with Crippen molar-refractivity contribution in [1.29, 1.82) is 0 Å². The number of allylic oxidation sites excluding steroid dienone is 2. The molecule has 0 spiro atoms. The average Bonchev–Trinajstić information content (AvgIpc) is 3.35. The van der Waals surface area contributed by atoms with Gasteiger partial charge in [-0.3, -0.25) is 4.68 Å². The number of aromatic amines is 1. The number of aryl methyl sites for hydroxylation is 2. The lowest BCUT2D eigenvalue weighted by Crippen LogP contribution is -2.08. The maximum atomic E-state index is 13.0. The Bertz CT molecular complexity index is 1540. The number of carbonyl (C=O) groups is 1. The van der Waals surface area contributed by atoms with Gasteiger partial charge in [-0.25, -0.2) is 4.79 Å². The summed E-state index contributed by atoms with van der Waals surface area (Å²) < 4.78 is 13.4. The number of aromatic nitrogens is 3. The van der Waals surface area contributed by atoms with E-state index in [1.165, 1.54) is 0 Å². The van der Waals surface area contributed by atoms with Gasteiger partial charge in [-0.15, -0.1) is 0 Å². The van der Waals surface area contributed by atoms with Gasteiger partial charge in [-0.05, 0) is 50.3 Å². The van der Waals surface area contributed by atoms with Crippen molar-refractivity contribution in [2.75, 3.05) is 13.2 Å². The molecule has 38 heavy (non-hydrogen) atoms. The lowest BCUT2D eigenvalue weighted by atomic mass is 9.98. The molecule has 5 rings (SSSR count). The van der Waals surface area contributed by atoms with Crippen LogP contribution in [0.2, 0.25) is 0 Å². The van der Waals surface area contributed by atoms with Crippen LogP contribution in [0.1, 0.15) is 58.3 Å². The number of nitrogens with zero attached hydrogens (tertiary/aromatic N) is 2. The number of fused-ring (bicyclic) bond motifs is 2. The Kier molecular flexibility index (Phi) is 7.47. The minimum absolute atomic E-state index is 0.169. The van der Waals surface area contributed by atoms with Gasteiger partial charge in [0.05, 0.1) is 31.0 Å². The van der Waals surface area contributed by atoms with Crippen LogP contribution in [0.3, 0.4) is 0 Å². The molecule has 0 amide bonds. The summed E-state index contributed by atoms with van der Waals surface area (Å²) in [6.07, 6.45) is 8.57. The summed E-state index contributed by atoms with van der Waals surface area (Å²) in [5.41, 5.74) is 7.77. The molecule has 4 aromatic rings. The predicted molar refractivity (Wildman–Crippen MR) is 149 cm³/mol. The van der Waals surface area contributed by atoms with Gasteiger partial charge in [0.2, 0.25) is 0 Å². The van der Waals surface area contributed by atoms with Crippen molar-refractivity contribution in [2.24, 2.45) is 7.05 Å². The molecule has 0 bridgehead atoms. The molecule has 1 aliphatic rings. The van der Waals surface area contributed by atoms with Crippen molar-refractivity contribution in [3.05, 3.63) is 88.4 Å². The van der Waals surface area contributed by atoms with Crippen molar-refractivity contribution >= 4 is 28.7 Å². The van der Waals surface area contributed by atoms with E-state index in [0.717, 1.165) is 63.0 Å². The first-order chi connectivity index (χ1) is 18.5. The molecule has 0 radical (unpaired) electrons.